The number of benzene rings is 1. The van der Waals surface area contributed by atoms with E-state index in [1.807, 2.05) is 4.90 Å². The lowest BCUT2D eigenvalue weighted by molar-refractivity contribution is -0.138. The van der Waals surface area contributed by atoms with E-state index in [9.17, 15) is 18.4 Å². The maximum Gasteiger partial charge on any atom is 0.317 e. The molecule has 10 heteroatoms. The minimum Gasteiger partial charge on any atom is -0.480 e. The summed E-state index contributed by atoms with van der Waals surface area (Å²) >= 11 is 1.05. The smallest absolute Gasteiger partial charge is 0.317 e. The van der Waals surface area contributed by atoms with Crippen LogP contribution in [0.3, 0.4) is 0 Å². The first-order valence-electron chi connectivity index (χ1n) is 9.63. The number of piperidine rings is 1. The van der Waals surface area contributed by atoms with Crippen LogP contribution in [0.15, 0.2) is 12.1 Å². The van der Waals surface area contributed by atoms with Crippen molar-refractivity contribution in [2.45, 2.75) is 25.3 Å². The molecule has 2 aliphatic heterocycles. The van der Waals surface area contributed by atoms with Crippen molar-refractivity contribution in [3.8, 4) is 0 Å². The molecule has 2 fully saturated rings. The van der Waals surface area contributed by atoms with E-state index in [2.05, 4.69) is 15.2 Å². The number of halogens is 2. The van der Waals surface area contributed by atoms with E-state index in [-0.39, 0.29) is 35.1 Å². The number of rotatable bonds is 5. The molecule has 0 saturated carbocycles. The number of carbonyl (C=O) groups is 2. The molecule has 3 heterocycles. The van der Waals surface area contributed by atoms with Crippen LogP contribution < -0.4 is 5.32 Å². The topological polar surface area (TPSA) is 85.8 Å². The maximum absolute atomic E-state index is 13.8. The van der Waals surface area contributed by atoms with Crippen LogP contribution in [-0.4, -0.2) is 70.5 Å². The Morgan fingerprint density at radius 3 is 2.86 bits per heavy atom. The van der Waals surface area contributed by atoms with Crippen LogP contribution in [-0.2, 0) is 9.59 Å². The lowest BCUT2D eigenvalue weighted by atomic mass is 9.95. The van der Waals surface area contributed by atoms with Crippen molar-refractivity contribution in [2.24, 2.45) is 5.92 Å². The van der Waals surface area contributed by atoms with E-state index in [1.165, 1.54) is 6.07 Å². The fourth-order valence-electron chi connectivity index (χ4n) is 4.22. The third-order valence-corrected chi connectivity index (χ3v) is 6.51. The van der Waals surface area contributed by atoms with Gasteiger partial charge in [-0.15, -0.1) is 0 Å². The van der Waals surface area contributed by atoms with E-state index in [0.29, 0.717) is 17.8 Å². The Morgan fingerprint density at radius 1 is 1.24 bits per heavy atom. The first kappa shape index (κ1) is 20.1. The molecule has 2 aliphatic rings. The highest BCUT2D eigenvalue weighted by molar-refractivity contribution is 7.22. The summed E-state index contributed by atoms with van der Waals surface area (Å²) in [5, 5.41) is 12.0. The summed E-state index contributed by atoms with van der Waals surface area (Å²) in [5.41, 5.74) is 0.0569. The number of likely N-dealkylation sites (tertiary alicyclic amines) is 2. The molecule has 2 unspecified atom stereocenters. The Hall–Kier alpha value is -2.17. The van der Waals surface area contributed by atoms with Gasteiger partial charge in [0.25, 0.3) is 0 Å². The van der Waals surface area contributed by atoms with Gasteiger partial charge in [0.05, 0.1) is 17.2 Å². The molecule has 2 atom stereocenters. The van der Waals surface area contributed by atoms with E-state index in [4.69, 9.17) is 5.11 Å². The van der Waals surface area contributed by atoms with Crippen LogP contribution >= 0.6 is 11.3 Å². The Labute approximate surface area is 170 Å². The zero-order valence-corrected chi connectivity index (χ0v) is 16.6. The second-order valence-corrected chi connectivity index (χ2v) is 8.68. The molecule has 0 radical (unpaired) electrons. The highest BCUT2D eigenvalue weighted by Gasteiger charge is 2.34. The second kappa shape index (κ2) is 8.29. The summed E-state index contributed by atoms with van der Waals surface area (Å²) in [4.78, 5) is 31.9. The number of thiazole rings is 1. The normalized spacial score (nSPS) is 23.5. The molecular formula is C19H22F2N4O3S. The summed E-state index contributed by atoms with van der Waals surface area (Å²) in [6.45, 7) is 2.98. The average molecular weight is 424 g/mol. The monoisotopic (exact) mass is 424 g/mol. The van der Waals surface area contributed by atoms with Crippen molar-refractivity contribution in [3.05, 3.63) is 23.8 Å². The van der Waals surface area contributed by atoms with Crippen LogP contribution in [0.1, 0.15) is 19.3 Å². The fourth-order valence-corrected chi connectivity index (χ4v) is 5.12. The number of aliphatic carboxylic acids is 1. The Bertz CT molecular complexity index is 938. The summed E-state index contributed by atoms with van der Waals surface area (Å²) in [6, 6.07) is 2.24. The number of hydrogen-bond donors (Lipinski definition) is 2. The molecule has 156 valence electrons. The Morgan fingerprint density at radius 2 is 2.07 bits per heavy atom. The van der Waals surface area contributed by atoms with Gasteiger partial charge in [0.15, 0.2) is 10.9 Å². The van der Waals surface area contributed by atoms with Gasteiger partial charge < -0.3 is 10.4 Å². The first-order valence-corrected chi connectivity index (χ1v) is 10.5. The molecule has 29 heavy (non-hydrogen) atoms. The number of carboxylic acid groups (broad SMARTS) is 1. The van der Waals surface area contributed by atoms with Gasteiger partial charge in [0.2, 0.25) is 5.91 Å². The van der Waals surface area contributed by atoms with Crippen molar-refractivity contribution in [1.29, 1.82) is 0 Å². The van der Waals surface area contributed by atoms with Gasteiger partial charge in [-0.05, 0) is 31.9 Å². The van der Waals surface area contributed by atoms with Gasteiger partial charge in [-0.3, -0.25) is 19.4 Å². The summed E-state index contributed by atoms with van der Waals surface area (Å²) in [5.74, 6) is -2.63. The number of nitrogens with zero attached hydrogens (tertiary/aromatic N) is 3. The van der Waals surface area contributed by atoms with Gasteiger partial charge in [-0.25, -0.2) is 13.8 Å². The molecule has 2 N–H and O–H groups in total. The van der Waals surface area contributed by atoms with Gasteiger partial charge in [0, 0.05) is 31.7 Å². The first-order chi connectivity index (χ1) is 13.9. The van der Waals surface area contributed by atoms with Crippen LogP contribution in [0.25, 0.3) is 10.2 Å². The van der Waals surface area contributed by atoms with Gasteiger partial charge in [-0.2, -0.15) is 0 Å². The molecule has 1 amide bonds. The van der Waals surface area contributed by atoms with E-state index >= 15 is 0 Å². The minimum atomic E-state index is -0.825. The average Bonchev–Trinajstić information content (AvgIpc) is 3.28. The van der Waals surface area contributed by atoms with Gasteiger partial charge in [0.1, 0.15) is 11.3 Å². The van der Waals surface area contributed by atoms with E-state index in [1.54, 1.807) is 0 Å². The van der Waals surface area contributed by atoms with Crippen molar-refractivity contribution in [3.63, 3.8) is 0 Å². The quantitative estimate of drug-likeness (QED) is 0.767. The molecule has 7 nitrogen and oxygen atoms in total. The zero-order chi connectivity index (χ0) is 20.5. The molecule has 2 aromatic rings. The highest BCUT2D eigenvalue weighted by atomic mass is 32.1. The number of hydrogen-bond acceptors (Lipinski definition) is 6. The van der Waals surface area contributed by atoms with Crippen molar-refractivity contribution < 1.29 is 23.5 Å². The third kappa shape index (κ3) is 4.54. The summed E-state index contributed by atoms with van der Waals surface area (Å²) in [6.07, 6.45) is 2.53. The van der Waals surface area contributed by atoms with Crippen LogP contribution in [0, 0.1) is 17.6 Å². The molecule has 0 bridgehead atoms. The predicted octanol–water partition coefficient (Wildman–Crippen LogP) is 2.38. The number of nitrogens with one attached hydrogen (secondary N) is 1. The number of amides is 1. The largest absolute Gasteiger partial charge is 0.480 e. The second-order valence-electron chi connectivity index (χ2n) is 7.65. The molecule has 2 saturated heterocycles. The summed E-state index contributed by atoms with van der Waals surface area (Å²) < 4.78 is 27.5. The molecular weight excluding hydrogens is 402 g/mol. The highest BCUT2D eigenvalue weighted by Crippen LogP contribution is 2.30. The van der Waals surface area contributed by atoms with Crippen molar-refractivity contribution >= 4 is 38.6 Å². The lowest BCUT2D eigenvalue weighted by Gasteiger charge is -2.36. The number of aromatic nitrogens is 1. The lowest BCUT2D eigenvalue weighted by Crippen LogP contribution is -2.47. The Balaban J connectivity index is 1.38. The van der Waals surface area contributed by atoms with Crippen LogP contribution in [0.5, 0.6) is 0 Å². The molecule has 0 aliphatic carbocycles. The number of carbonyl (C=O) groups excluding carboxylic acids is 1. The van der Waals surface area contributed by atoms with Crippen molar-refractivity contribution in [2.75, 3.05) is 38.0 Å². The zero-order valence-electron chi connectivity index (χ0n) is 15.7. The fraction of sp³-hybridized carbons (Fsp3) is 0.526. The number of carboxylic acids is 1. The van der Waals surface area contributed by atoms with Crippen LogP contribution in [0.4, 0.5) is 13.9 Å². The molecule has 0 spiro atoms. The number of fused-ring (bicyclic) bond motifs is 1. The predicted molar refractivity (Wildman–Crippen MR) is 105 cm³/mol. The van der Waals surface area contributed by atoms with E-state index in [0.717, 1.165) is 49.8 Å². The summed E-state index contributed by atoms with van der Waals surface area (Å²) in [7, 11) is 0. The molecule has 4 rings (SSSR count). The Kier molecular flexibility index (Phi) is 5.75. The standard InChI is InChI=1S/C19H22F2N4O3S/c20-12-6-14(21)17-15(7-12)29-19(22-17)23-18(28)11-2-1-4-25(8-11)13-3-5-24(9-13)10-16(26)27/h6-7,11,13H,1-5,8-10H2,(H,26,27)(H,22,23,28). The van der Waals surface area contributed by atoms with Crippen molar-refractivity contribution in [1.82, 2.24) is 14.8 Å². The van der Waals surface area contributed by atoms with Gasteiger partial charge >= 0.3 is 5.97 Å². The third-order valence-electron chi connectivity index (χ3n) is 5.59. The van der Waals surface area contributed by atoms with Crippen LogP contribution in [0.2, 0.25) is 0 Å². The maximum atomic E-state index is 13.8. The number of anilines is 1. The SMILES string of the molecule is O=C(O)CN1CCC(N2CCCC(C(=O)Nc3nc4c(F)cc(F)cc4s3)C2)C1. The minimum absolute atomic E-state index is 0.0447. The molecule has 1 aromatic carbocycles. The van der Waals surface area contributed by atoms with Gasteiger partial charge in [-0.1, -0.05) is 11.3 Å². The van der Waals surface area contributed by atoms with E-state index < -0.39 is 17.6 Å². The molecule has 1 aromatic heterocycles.